The lowest BCUT2D eigenvalue weighted by Crippen LogP contribution is -2.29. The molecule has 0 radical (unpaired) electrons. The van der Waals surface area contributed by atoms with E-state index < -0.39 is 28.0 Å². The van der Waals surface area contributed by atoms with Crippen molar-refractivity contribution in [3.8, 4) is 5.75 Å². The summed E-state index contributed by atoms with van der Waals surface area (Å²) in [4.78, 5) is 12.6. The van der Waals surface area contributed by atoms with Gasteiger partial charge in [0.05, 0.1) is 24.2 Å². The Labute approximate surface area is 196 Å². The monoisotopic (exact) mass is 492 g/mol. The highest BCUT2D eigenvalue weighted by molar-refractivity contribution is 7.92. The molecule has 0 aliphatic heterocycles. The molecule has 0 heterocycles. The fraction of sp³-hybridized carbons (Fsp3) is 0.208. The molecule has 3 aromatic carbocycles. The number of nitrogens with zero attached hydrogens (tertiary/aromatic N) is 1. The number of sulfonamides is 1. The van der Waals surface area contributed by atoms with Crippen LogP contribution in [0.2, 0.25) is 0 Å². The van der Waals surface area contributed by atoms with E-state index in [1.54, 1.807) is 24.3 Å². The zero-order valence-corrected chi connectivity index (χ0v) is 19.5. The number of amides is 1. The molecule has 1 N–H and O–H groups in total. The van der Waals surface area contributed by atoms with Gasteiger partial charge in [-0.3, -0.25) is 9.10 Å². The van der Waals surface area contributed by atoms with Gasteiger partial charge in [0, 0.05) is 5.56 Å². The lowest BCUT2D eigenvalue weighted by Gasteiger charge is -2.23. The van der Waals surface area contributed by atoms with Gasteiger partial charge in [-0.15, -0.1) is 13.2 Å². The van der Waals surface area contributed by atoms with E-state index in [0.717, 1.165) is 23.4 Å². The summed E-state index contributed by atoms with van der Waals surface area (Å²) in [7, 11) is -3.58. The van der Waals surface area contributed by atoms with Crippen molar-refractivity contribution in [2.24, 2.45) is 0 Å². The SMILES string of the molecule is Cc1ccc(N(Cc2ccc(C(=O)Nc3ccccc3OC(F)(F)F)cc2)S(C)(=O)=O)cc1C. The standard InChI is InChI=1S/C24H23F3N2O4S/c1-16-8-13-20(14-17(16)2)29(34(3,31)32)15-18-9-11-19(12-10-18)23(30)28-21-6-4-5-7-22(21)33-24(25,26)27/h4-14H,15H2,1-3H3,(H,28,30). The molecule has 0 aliphatic carbocycles. The maximum atomic E-state index is 12.6. The number of para-hydroxylation sites is 2. The van der Waals surface area contributed by atoms with Gasteiger partial charge in [-0.2, -0.15) is 0 Å². The third-order valence-corrected chi connectivity index (χ3v) is 6.22. The number of anilines is 2. The number of ether oxygens (including phenoxy) is 1. The topological polar surface area (TPSA) is 75.7 Å². The van der Waals surface area contributed by atoms with Crippen LogP contribution in [-0.4, -0.2) is 26.9 Å². The van der Waals surface area contributed by atoms with Crippen molar-refractivity contribution in [1.82, 2.24) is 0 Å². The first-order chi connectivity index (χ1) is 15.8. The minimum Gasteiger partial charge on any atom is -0.404 e. The normalized spacial score (nSPS) is 11.7. The molecule has 0 unspecified atom stereocenters. The zero-order chi connectivity index (χ0) is 25.1. The molecule has 1 amide bonds. The number of carbonyl (C=O) groups is 1. The number of hydrogen-bond acceptors (Lipinski definition) is 4. The highest BCUT2D eigenvalue weighted by Gasteiger charge is 2.32. The van der Waals surface area contributed by atoms with E-state index in [2.05, 4.69) is 10.1 Å². The highest BCUT2D eigenvalue weighted by Crippen LogP contribution is 2.30. The van der Waals surface area contributed by atoms with E-state index in [9.17, 15) is 26.4 Å². The second-order valence-corrected chi connectivity index (χ2v) is 9.64. The molecular formula is C24H23F3N2O4S. The minimum absolute atomic E-state index is 0.0471. The van der Waals surface area contributed by atoms with Gasteiger partial charge < -0.3 is 10.1 Å². The number of carbonyl (C=O) groups excluding carboxylic acids is 1. The predicted octanol–water partition coefficient (Wildman–Crippen LogP) is 5.42. The van der Waals surface area contributed by atoms with Gasteiger partial charge in [-0.1, -0.05) is 30.3 Å². The molecule has 0 saturated carbocycles. The van der Waals surface area contributed by atoms with Crippen LogP contribution < -0.4 is 14.4 Å². The molecule has 34 heavy (non-hydrogen) atoms. The molecule has 0 aromatic heterocycles. The number of nitrogens with one attached hydrogen (secondary N) is 1. The number of aryl methyl sites for hydroxylation is 2. The van der Waals surface area contributed by atoms with Crippen LogP contribution in [0.15, 0.2) is 66.7 Å². The van der Waals surface area contributed by atoms with Crippen LogP contribution >= 0.6 is 0 Å². The minimum atomic E-state index is -4.90. The number of benzene rings is 3. The van der Waals surface area contributed by atoms with Crippen molar-refractivity contribution < 1.29 is 31.1 Å². The van der Waals surface area contributed by atoms with Gasteiger partial charge in [0.25, 0.3) is 5.91 Å². The third kappa shape index (κ3) is 6.50. The van der Waals surface area contributed by atoms with Gasteiger partial charge in [0.1, 0.15) is 0 Å². The zero-order valence-electron chi connectivity index (χ0n) is 18.7. The summed E-state index contributed by atoms with van der Waals surface area (Å²) in [6.07, 6.45) is -3.78. The summed E-state index contributed by atoms with van der Waals surface area (Å²) in [6.45, 7) is 3.87. The number of hydrogen-bond donors (Lipinski definition) is 1. The molecule has 0 saturated heterocycles. The fourth-order valence-corrected chi connectivity index (χ4v) is 4.07. The Morgan fingerprint density at radius 3 is 2.21 bits per heavy atom. The van der Waals surface area contributed by atoms with Crippen molar-refractivity contribution in [3.05, 3.63) is 89.0 Å². The Balaban J connectivity index is 1.78. The van der Waals surface area contributed by atoms with Crippen LogP contribution in [0.4, 0.5) is 24.5 Å². The Bertz CT molecular complexity index is 1290. The summed E-state index contributed by atoms with van der Waals surface area (Å²) in [6, 6.07) is 16.7. The van der Waals surface area contributed by atoms with Crippen LogP contribution in [0, 0.1) is 13.8 Å². The van der Waals surface area contributed by atoms with Crippen molar-refractivity contribution in [1.29, 1.82) is 0 Å². The van der Waals surface area contributed by atoms with Crippen LogP contribution in [-0.2, 0) is 16.6 Å². The van der Waals surface area contributed by atoms with Gasteiger partial charge in [0.15, 0.2) is 5.75 Å². The van der Waals surface area contributed by atoms with Gasteiger partial charge in [0.2, 0.25) is 10.0 Å². The first-order valence-electron chi connectivity index (χ1n) is 10.1. The predicted molar refractivity (Wildman–Crippen MR) is 124 cm³/mol. The van der Waals surface area contributed by atoms with Crippen LogP contribution in [0.5, 0.6) is 5.75 Å². The summed E-state index contributed by atoms with van der Waals surface area (Å²) in [5.41, 5.74) is 3.19. The molecule has 3 aromatic rings. The van der Waals surface area contributed by atoms with Gasteiger partial charge in [-0.25, -0.2) is 8.42 Å². The molecule has 0 fully saturated rings. The molecule has 3 rings (SSSR count). The average molecular weight is 493 g/mol. The molecule has 0 aliphatic rings. The fourth-order valence-electron chi connectivity index (χ4n) is 3.19. The van der Waals surface area contributed by atoms with Crippen LogP contribution in [0.25, 0.3) is 0 Å². The lowest BCUT2D eigenvalue weighted by molar-refractivity contribution is -0.274. The van der Waals surface area contributed by atoms with Gasteiger partial charge >= 0.3 is 6.36 Å². The maximum Gasteiger partial charge on any atom is 0.573 e. The first kappa shape index (κ1) is 25.1. The third-order valence-electron chi connectivity index (χ3n) is 5.08. The molecule has 10 heteroatoms. The molecule has 0 atom stereocenters. The largest absolute Gasteiger partial charge is 0.573 e. The number of alkyl halides is 3. The van der Waals surface area contributed by atoms with Crippen molar-refractivity contribution >= 4 is 27.3 Å². The van der Waals surface area contributed by atoms with Crippen molar-refractivity contribution in [3.63, 3.8) is 0 Å². The summed E-state index contributed by atoms with van der Waals surface area (Å²) < 4.78 is 67.8. The Kier molecular flexibility index (Phi) is 7.21. The number of rotatable bonds is 7. The van der Waals surface area contributed by atoms with Crippen molar-refractivity contribution in [2.45, 2.75) is 26.8 Å². The summed E-state index contributed by atoms with van der Waals surface area (Å²) in [5, 5.41) is 2.40. The van der Waals surface area contributed by atoms with E-state index in [-0.39, 0.29) is 17.8 Å². The lowest BCUT2D eigenvalue weighted by atomic mass is 10.1. The second-order valence-electron chi connectivity index (χ2n) is 7.73. The Hall–Kier alpha value is -3.53. The highest BCUT2D eigenvalue weighted by atomic mass is 32.2. The molecule has 0 spiro atoms. The Morgan fingerprint density at radius 2 is 1.62 bits per heavy atom. The molecule has 6 nitrogen and oxygen atoms in total. The summed E-state index contributed by atoms with van der Waals surface area (Å²) >= 11 is 0. The average Bonchev–Trinajstić information content (AvgIpc) is 2.74. The quantitative estimate of drug-likeness (QED) is 0.478. The summed E-state index contributed by atoms with van der Waals surface area (Å²) in [5.74, 6) is -1.17. The van der Waals surface area contributed by atoms with Crippen molar-refractivity contribution in [2.75, 3.05) is 15.9 Å². The number of halogens is 3. The Morgan fingerprint density at radius 1 is 0.971 bits per heavy atom. The maximum absolute atomic E-state index is 12.6. The molecular weight excluding hydrogens is 469 g/mol. The first-order valence-corrected chi connectivity index (χ1v) is 12.0. The van der Waals surface area contributed by atoms with E-state index >= 15 is 0 Å². The van der Waals surface area contributed by atoms with E-state index in [1.165, 1.54) is 34.6 Å². The smallest absolute Gasteiger partial charge is 0.404 e. The van der Waals surface area contributed by atoms with Crippen LogP contribution in [0.1, 0.15) is 27.0 Å². The van der Waals surface area contributed by atoms with Gasteiger partial charge in [-0.05, 0) is 66.9 Å². The molecule has 180 valence electrons. The van der Waals surface area contributed by atoms with E-state index in [0.29, 0.717) is 11.3 Å². The molecule has 0 bridgehead atoms. The van der Waals surface area contributed by atoms with E-state index in [1.807, 2.05) is 19.9 Å². The van der Waals surface area contributed by atoms with E-state index in [4.69, 9.17) is 0 Å². The van der Waals surface area contributed by atoms with Crippen LogP contribution in [0.3, 0.4) is 0 Å². The second kappa shape index (κ2) is 9.76.